The number of methoxy groups -OCH3 is 2. The molecule has 0 aliphatic heterocycles. The first-order chi connectivity index (χ1) is 7.02. The molecule has 0 saturated heterocycles. The molecular formula is C9H8Br2O4. The fourth-order valence-corrected chi connectivity index (χ4v) is 2.70. The van der Waals surface area contributed by atoms with Crippen molar-refractivity contribution in [2.45, 2.75) is 0 Å². The topological polar surface area (TPSA) is 55.8 Å². The molecule has 15 heavy (non-hydrogen) atoms. The van der Waals surface area contributed by atoms with E-state index in [0.717, 1.165) is 0 Å². The number of carbonyl (C=O) groups is 1. The summed E-state index contributed by atoms with van der Waals surface area (Å²) in [6, 6.07) is 1.55. The Morgan fingerprint density at radius 1 is 1.33 bits per heavy atom. The van der Waals surface area contributed by atoms with Crippen LogP contribution in [0.15, 0.2) is 15.0 Å². The molecule has 0 aliphatic rings. The van der Waals surface area contributed by atoms with Crippen molar-refractivity contribution >= 4 is 37.8 Å². The summed E-state index contributed by atoms with van der Waals surface area (Å²) in [5.74, 6) is -0.228. The van der Waals surface area contributed by atoms with Crippen LogP contribution in [0.2, 0.25) is 0 Å². The molecule has 0 fully saturated rings. The second-order valence-electron chi connectivity index (χ2n) is 2.59. The minimum absolute atomic E-state index is 0.104. The van der Waals surface area contributed by atoms with Crippen molar-refractivity contribution in [3.63, 3.8) is 0 Å². The molecule has 6 heteroatoms. The van der Waals surface area contributed by atoms with Crippen LogP contribution in [-0.2, 0) is 0 Å². The van der Waals surface area contributed by atoms with Gasteiger partial charge in [0.2, 0.25) is 0 Å². The minimum Gasteiger partial charge on any atom is -0.493 e. The van der Waals surface area contributed by atoms with Crippen molar-refractivity contribution in [3.05, 3.63) is 20.6 Å². The fraction of sp³-hybridized carbons (Fsp3) is 0.222. The zero-order chi connectivity index (χ0) is 11.6. The van der Waals surface area contributed by atoms with E-state index in [1.807, 2.05) is 0 Å². The molecule has 0 spiro atoms. The molecule has 0 radical (unpaired) electrons. The molecule has 1 aromatic carbocycles. The van der Waals surface area contributed by atoms with Crippen molar-refractivity contribution in [2.24, 2.45) is 0 Å². The Balaban J connectivity index is 3.51. The Bertz CT molecular complexity index is 404. The molecule has 0 heterocycles. The van der Waals surface area contributed by atoms with Crippen LogP contribution in [0, 0.1) is 0 Å². The minimum atomic E-state index is -1.05. The van der Waals surface area contributed by atoms with E-state index in [-0.39, 0.29) is 5.56 Å². The predicted molar refractivity (Wildman–Crippen MR) is 61.9 cm³/mol. The van der Waals surface area contributed by atoms with Gasteiger partial charge in [-0.25, -0.2) is 4.79 Å². The summed E-state index contributed by atoms with van der Waals surface area (Å²) in [5, 5.41) is 8.97. The number of aromatic carboxylic acids is 1. The summed E-state index contributed by atoms with van der Waals surface area (Å²) >= 11 is 6.32. The van der Waals surface area contributed by atoms with E-state index in [1.165, 1.54) is 14.2 Å². The normalized spacial score (nSPS) is 9.87. The average molecular weight is 340 g/mol. The number of carboxylic acid groups (broad SMARTS) is 1. The van der Waals surface area contributed by atoms with Crippen molar-refractivity contribution in [3.8, 4) is 11.5 Å². The highest BCUT2D eigenvalue weighted by Gasteiger charge is 2.21. The zero-order valence-electron chi connectivity index (χ0n) is 8.01. The summed E-state index contributed by atoms with van der Waals surface area (Å²) in [4.78, 5) is 11.0. The van der Waals surface area contributed by atoms with Crippen LogP contribution in [-0.4, -0.2) is 25.3 Å². The van der Waals surface area contributed by atoms with Crippen molar-refractivity contribution in [1.29, 1.82) is 0 Å². The van der Waals surface area contributed by atoms with Crippen LogP contribution < -0.4 is 9.47 Å². The summed E-state index contributed by atoms with van der Waals surface area (Å²) < 4.78 is 10.9. The largest absolute Gasteiger partial charge is 0.493 e. The van der Waals surface area contributed by atoms with Gasteiger partial charge < -0.3 is 14.6 Å². The van der Waals surface area contributed by atoms with Crippen LogP contribution in [0.25, 0.3) is 0 Å². The second-order valence-corrected chi connectivity index (χ2v) is 4.24. The molecular weight excluding hydrogens is 332 g/mol. The molecule has 0 aliphatic carbocycles. The number of halogens is 2. The molecule has 1 N–H and O–H groups in total. The lowest BCUT2D eigenvalue weighted by Crippen LogP contribution is -2.02. The van der Waals surface area contributed by atoms with E-state index >= 15 is 0 Å². The number of ether oxygens (including phenoxy) is 2. The van der Waals surface area contributed by atoms with Crippen LogP contribution in [0.5, 0.6) is 11.5 Å². The highest BCUT2D eigenvalue weighted by molar-refractivity contribution is 9.11. The maximum atomic E-state index is 11.0. The van der Waals surface area contributed by atoms with Gasteiger partial charge in [-0.15, -0.1) is 0 Å². The second kappa shape index (κ2) is 4.85. The predicted octanol–water partition coefficient (Wildman–Crippen LogP) is 2.93. The molecule has 0 saturated carbocycles. The molecule has 0 amide bonds. The van der Waals surface area contributed by atoms with Gasteiger partial charge in [0.1, 0.15) is 0 Å². The Labute approximate surface area is 103 Å². The highest BCUT2D eigenvalue weighted by Crippen LogP contribution is 2.41. The first-order valence-corrected chi connectivity index (χ1v) is 5.44. The van der Waals surface area contributed by atoms with E-state index in [4.69, 9.17) is 14.6 Å². The molecule has 82 valence electrons. The number of benzene rings is 1. The summed E-state index contributed by atoms with van der Waals surface area (Å²) in [5.41, 5.74) is 0.104. The third-order valence-corrected chi connectivity index (χ3v) is 3.16. The van der Waals surface area contributed by atoms with Gasteiger partial charge in [-0.2, -0.15) is 0 Å². The van der Waals surface area contributed by atoms with Gasteiger partial charge >= 0.3 is 5.97 Å². The number of carboxylic acids is 1. The number of hydrogen-bond acceptors (Lipinski definition) is 3. The Hall–Kier alpha value is -0.750. The highest BCUT2D eigenvalue weighted by atomic mass is 79.9. The Morgan fingerprint density at radius 3 is 2.33 bits per heavy atom. The van der Waals surface area contributed by atoms with E-state index in [1.54, 1.807) is 6.07 Å². The zero-order valence-corrected chi connectivity index (χ0v) is 11.2. The Kier molecular flexibility index (Phi) is 3.98. The van der Waals surface area contributed by atoms with Crippen LogP contribution in [0.4, 0.5) is 0 Å². The molecule has 0 aromatic heterocycles. The van der Waals surface area contributed by atoms with Crippen molar-refractivity contribution < 1.29 is 19.4 Å². The quantitative estimate of drug-likeness (QED) is 0.919. The Morgan fingerprint density at radius 2 is 1.93 bits per heavy atom. The molecule has 4 nitrogen and oxygen atoms in total. The van der Waals surface area contributed by atoms with E-state index < -0.39 is 5.97 Å². The lowest BCUT2D eigenvalue weighted by molar-refractivity contribution is 0.0694. The van der Waals surface area contributed by atoms with Gasteiger partial charge in [0.15, 0.2) is 11.5 Å². The van der Waals surface area contributed by atoms with Gasteiger partial charge in [0, 0.05) is 4.47 Å². The molecule has 0 unspecified atom stereocenters. The van der Waals surface area contributed by atoms with Crippen molar-refractivity contribution in [2.75, 3.05) is 14.2 Å². The molecule has 1 rings (SSSR count). The maximum Gasteiger partial charge on any atom is 0.338 e. The first kappa shape index (κ1) is 12.3. The summed E-state index contributed by atoms with van der Waals surface area (Å²) in [7, 11) is 2.93. The van der Waals surface area contributed by atoms with Gasteiger partial charge in [0.05, 0.1) is 24.3 Å². The lowest BCUT2D eigenvalue weighted by atomic mass is 10.2. The van der Waals surface area contributed by atoms with Gasteiger partial charge in [0.25, 0.3) is 0 Å². The van der Waals surface area contributed by atoms with Gasteiger partial charge in [-0.1, -0.05) is 0 Å². The molecule has 1 aromatic rings. The molecule has 0 atom stereocenters. The lowest BCUT2D eigenvalue weighted by Gasteiger charge is -2.12. The average Bonchev–Trinajstić information content (AvgIpc) is 2.16. The van der Waals surface area contributed by atoms with E-state index in [2.05, 4.69) is 31.9 Å². The SMILES string of the molecule is COc1cc(Br)c(C(=O)O)c(Br)c1OC. The first-order valence-electron chi connectivity index (χ1n) is 3.86. The van der Waals surface area contributed by atoms with Crippen LogP contribution in [0.1, 0.15) is 10.4 Å². The number of hydrogen-bond donors (Lipinski definition) is 1. The van der Waals surface area contributed by atoms with Crippen LogP contribution in [0.3, 0.4) is 0 Å². The van der Waals surface area contributed by atoms with E-state index in [9.17, 15) is 4.79 Å². The third-order valence-electron chi connectivity index (χ3n) is 1.78. The smallest absolute Gasteiger partial charge is 0.338 e. The molecule has 0 bridgehead atoms. The monoisotopic (exact) mass is 338 g/mol. The van der Waals surface area contributed by atoms with Crippen molar-refractivity contribution in [1.82, 2.24) is 0 Å². The summed E-state index contributed by atoms with van der Waals surface area (Å²) in [6.45, 7) is 0. The summed E-state index contributed by atoms with van der Waals surface area (Å²) in [6.07, 6.45) is 0. The maximum absolute atomic E-state index is 11.0. The van der Waals surface area contributed by atoms with Crippen LogP contribution >= 0.6 is 31.9 Å². The van der Waals surface area contributed by atoms with E-state index in [0.29, 0.717) is 20.4 Å². The van der Waals surface area contributed by atoms with Gasteiger partial charge in [-0.3, -0.25) is 0 Å². The fourth-order valence-electron chi connectivity index (χ4n) is 1.12. The third kappa shape index (κ3) is 2.26. The number of rotatable bonds is 3. The van der Waals surface area contributed by atoms with Gasteiger partial charge in [-0.05, 0) is 37.9 Å². The standard InChI is InChI=1S/C9H8Br2O4/c1-14-5-3-4(10)6(9(12)13)7(11)8(5)15-2/h3H,1-2H3,(H,12,13).